The van der Waals surface area contributed by atoms with Crippen LogP contribution in [0.15, 0.2) is 59.0 Å². The van der Waals surface area contributed by atoms with Crippen LogP contribution >= 0.6 is 0 Å². The predicted molar refractivity (Wildman–Crippen MR) is 79.4 cm³/mol. The minimum atomic E-state index is -3.26. The number of aryl methyl sites for hydroxylation is 1. The molecule has 0 aliphatic heterocycles. The van der Waals surface area contributed by atoms with Crippen LogP contribution in [0.3, 0.4) is 0 Å². The zero-order valence-corrected chi connectivity index (χ0v) is 12.1. The van der Waals surface area contributed by atoms with Crippen LogP contribution < -0.4 is 0 Å². The van der Waals surface area contributed by atoms with Crippen molar-refractivity contribution in [2.24, 2.45) is 0 Å². The lowest BCUT2D eigenvalue weighted by molar-refractivity contribution is 0.602. The van der Waals surface area contributed by atoms with Crippen molar-refractivity contribution in [1.82, 2.24) is 0 Å². The fourth-order valence-electron chi connectivity index (χ4n) is 1.93. The minimum absolute atomic E-state index is 0.0580. The molecule has 0 saturated carbocycles. The summed E-state index contributed by atoms with van der Waals surface area (Å²) in [5, 5.41) is 0. The van der Waals surface area contributed by atoms with Gasteiger partial charge in [-0.3, -0.25) is 0 Å². The van der Waals surface area contributed by atoms with E-state index in [4.69, 9.17) is 0 Å². The van der Waals surface area contributed by atoms with E-state index in [0.717, 1.165) is 16.7 Å². The van der Waals surface area contributed by atoms with E-state index in [0.29, 0.717) is 11.3 Å². The Bertz CT molecular complexity index is 644. The fourth-order valence-corrected chi connectivity index (χ4v) is 3.35. The van der Waals surface area contributed by atoms with Crippen LogP contribution in [-0.2, 0) is 15.6 Å². The topological polar surface area (TPSA) is 34.1 Å². The van der Waals surface area contributed by atoms with Gasteiger partial charge >= 0.3 is 0 Å². The molecule has 19 heavy (non-hydrogen) atoms. The van der Waals surface area contributed by atoms with Crippen molar-refractivity contribution in [2.75, 3.05) is 0 Å². The first-order valence-corrected chi connectivity index (χ1v) is 7.96. The van der Waals surface area contributed by atoms with Gasteiger partial charge in [0.25, 0.3) is 0 Å². The number of rotatable bonds is 3. The summed E-state index contributed by atoms with van der Waals surface area (Å²) in [6.45, 7) is 3.96. The molecule has 2 rings (SSSR count). The molecule has 0 radical (unpaired) electrons. The molecule has 1 aliphatic carbocycles. The molecule has 0 saturated heterocycles. The lowest BCUT2D eigenvalue weighted by atomic mass is 10.2. The molecule has 2 nitrogen and oxygen atoms in total. The van der Waals surface area contributed by atoms with Crippen molar-refractivity contribution in [3.8, 4) is 0 Å². The Morgan fingerprint density at radius 2 is 1.68 bits per heavy atom. The lowest BCUT2D eigenvalue weighted by Gasteiger charge is -2.05. The monoisotopic (exact) mass is 274 g/mol. The third-order valence-corrected chi connectivity index (χ3v) is 4.84. The van der Waals surface area contributed by atoms with Gasteiger partial charge in [-0.2, -0.15) is 0 Å². The van der Waals surface area contributed by atoms with Crippen molar-refractivity contribution in [3.05, 3.63) is 70.2 Å². The van der Waals surface area contributed by atoms with Crippen molar-refractivity contribution < 1.29 is 8.42 Å². The zero-order valence-electron chi connectivity index (χ0n) is 11.3. The van der Waals surface area contributed by atoms with E-state index in [2.05, 4.69) is 0 Å². The standard InChI is InChI=1S/C16H18O2S/c1-13-4-3-5-16(11-8-13)19(17,18)12-15-9-6-14(2)7-10-15/h4-11H,3,12H2,1-2H3. The summed E-state index contributed by atoms with van der Waals surface area (Å²) in [6.07, 6.45) is 8.01. The van der Waals surface area contributed by atoms with Crippen LogP contribution in [0.1, 0.15) is 24.5 Å². The van der Waals surface area contributed by atoms with E-state index in [1.54, 1.807) is 12.2 Å². The lowest BCUT2D eigenvalue weighted by Crippen LogP contribution is -2.06. The van der Waals surface area contributed by atoms with Crippen LogP contribution in [0, 0.1) is 6.92 Å². The average Bonchev–Trinajstić information content (AvgIpc) is 2.57. The van der Waals surface area contributed by atoms with Gasteiger partial charge in [-0.1, -0.05) is 53.6 Å². The van der Waals surface area contributed by atoms with Crippen LogP contribution in [-0.4, -0.2) is 8.42 Å². The first kappa shape index (κ1) is 13.8. The highest BCUT2D eigenvalue weighted by atomic mass is 32.2. The summed E-state index contributed by atoms with van der Waals surface area (Å²) in [5.41, 5.74) is 3.06. The first-order valence-electron chi connectivity index (χ1n) is 6.31. The second kappa shape index (κ2) is 5.57. The van der Waals surface area contributed by atoms with Crippen LogP contribution in [0.5, 0.6) is 0 Å². The van der Waals surface area contributed by atoms with E-state index in [1.807, 2.05) is 50.3 Å². The Morgan fingerprint density at radius 3 is 2.37 bits per heavy atom. The summed E-state index contributed by atoms with van der Waals surface area (Å²) in [4.78, 5) is 0.418. The Kier molecular flexibility index (Phi) is 4.05. The third kappa shape index (κ3) is 3.67. The Morgan fingerprint density at radius 1 is 1.00 bits per heavy atom. The fraction of sp³-hybridized carbons (Fsp3) is 0.250. The predicted octanol–water partition coefficient (Wildman–Crippen LogP) is 3.70. The number of hydrogen-bond acceptors (Lipinski definition) is 2. The second-order valence-corrected chi connectivity index (χ2v) is 6.86. The molecule has 1 aromatic rings. The molecule has 0 amide bonds. The third-order valence-electron chi connectivity index (χ3n) is 3.11. The molecule has 0 aromatic heterocycles. The summed E-state index contributed by atoms with van der Waals surface area (Å²) in [6, 6.07) is 7.62. The molecule has 100 valence electrons. The van der Waals surface area contributed by atoms with Gasteiger partial charge in [-0.15, -0.1) is 0 Å². The Labute approximate surface area is 115 Å². The molecule has 0 fully saturated rings. The van der Waals surface area contributed by atoms with Gasteiger partial charge in [0.15, 0.2) is 9.84 Å². The highest BCUT2D eigenvalue weighted by Crippen LogP contribution is 2.20. The molecule has 0 spiro atoms. The summed E-state index contributed by atoms with van der Waals surface area (Å²) >= 11 is 0. The van der Waals surface area contributed by atoms with Crippen LogP contribution in [0.25, 0.3) is 0 Å². The molecule has 0 atom stereocenters. The van der Waals surface area contributed by atoms with Crippen molar-refractivity contribution in [2.45, 2.75) is 26.0 Å². The summed E-state index contributed by atoms with van der Waals surface area (Å²) in [5.74, 6) is 0.0580. The SMILES string of the molecule is CC1=CCC=C(S(=O)(=O)Cc2ccc(C)cc2)C=C1. The number of benzene rings is 1. The number of hydrogen-bond donors (Lipinski definition) is 0. The Balaban J connectivity index is 2.22. The van der Waals surface area contributed by atoms with Gasteiger partial charge < -0.3 is 0 Å². The van der Waals surface area contributed by atoms with Gasteiger partial charge in [0.2, 0.25) is 0 Å². The molecule has 3 heteroatoms. The Hall–Kier alpha value is -1.61. The van der Waals surface area contributed by atoms with Gasteiger partial charge in [-0.05, 0) is 31.9 Å². The van der Waals surface area contributed by atoms with E-state index < -0.39 is 9.84 Å². The maximum atomic E-state index is 12.4. The van der Waals surface area contributed by atoms with Gasteiger partial charge in [0.05, 0.1) is 10.7 Å². The number of allylic oxidation sites excluding steroid dienone is 5. The average molecular weight is 274 g/mol. The van der Waals surface area contributed by atoms with E-state index >= 15 is 0 Å². The molecular weight excluding hydrogens is 256 g/mol. The molecule has 0 unspecified atom stereocenters. The van der Waals surface area contributed by atoms with E-state index in [9.17, 15) is 8.42 Å². The van der Waals surface area contributed by atoms with Crippen LogP contribution in [0.4, 0.5) is 0 Å². The van der Waals surface area contributed by atoms with Gasteiger partial charge in [0.1, 0.15) is 0 Å². The maximum absolute atomic E-state index is 12.4. The van der Waals surface area contributed by atoms with Crippen molar-refractivity contribution in [3.63, 3.8) is 0 Å². The second-order valence-electron chi connectivity index (χ2n) is 4.87. The highest BCUT2D eigenvalue weighted by Gasteiger charge is 2.16. The smallest absolute Gasteiger partial charge is 0.182 e. The molecule has 0 bridgehead atoms. The molecule has 1 aromatic carbocycles. The van der Waals surface area contributed by atoms with Gasteiger partial charge in [0, 0.05) is 0 Å². The summed E-state index contributed by atoms with van der Waals surface area (Å²) in [7, 11) is -3.26. The highest BCUT2D eigenvalue weighted by molar-refractivity contribution is 7.94. The van der Waals surface area contributed by atoms with Crippen molar-refractivity contribution in [1.29, 1.82) is 0 Å². The quantitative estimate of drug-likeness (QED) is 0.842. The van der Waals surface area contributed by atoms with E-state index in [1.165, 1.54) is 0 Å². The molecule has 0 heterocycles. The number of sulfone groups is 1. The largest absolute Gasteiger partial charge is 0.223 e. The van der Waals surface area contributed by atoms with Crippen molar-refractivity contribution >= 4 is 9.84 Å². The molecular formula is C16H18O2S. The maximum Gasteiger partial charge on any atom is 0.182 e. The first-order chi connectivity index (χ1) is 8.97. The zero-order chi connectivity index (χ0) is 13.9. The van der Waals surface area contributed by atoms with Gasteiger partial charge in [-0.25, -0.2) is 8.42 Å². The molecule has 0 N–H and O–H groups in total. The summed E-state index contributed by atoms with van der Waals surface area (Å²) < 4.78 is 24.7. The molecule has 1 aliphatic rings. The van der Waals surface area contributed by atoms with E-state index in [-0.39, 0.29) is 5.75 Å². The normalized spacial score (nSPS) is 15.7. The van der Waals surface area contributed by atoms with Crippen LogP contribution in [0.2, 0.25) is 0 Å². The minimum Gasteiger partial charge on any atom is -0.223 e.